The van der Waals surface area contributed by atoms with Crippen LogP contribution in [0.2, 0.25) is 0 Å². The summed E-state index contributed by atoms with van der Waals surface area (Å²) in [6.45, 7) is -1.11. The van der Waals surface area contributed by atoms with Gasteiger partial charge < -0.3 is 14.6 Å². The van der Waals surface area contributed by atoms with E-state index in [2.05, 4.69) is 5.10 Å². The molecule has 0 N–H and O–H groups in total. The maximum absolute atomic E-state index is 14.0. The Labute approximate surface area is 175 Å². The zero-order valence-corrected chi connectivity index (χ0v) is 17.1. The number of aromatic nitrogens is 2. The van der Waals surface area contributed by atoms with E-state index in [0.29, 0.717) is 10.4 Å². The van der Waals surface area contributed by atoms with Crippen LogP contribution in [0.1, 0.15) is 5.69 Å². The minimum atomic E-state index is -4.93. The van der Waals surface area contributed by atoms with Crippen molar-refractivity contribution in [3.63, 3.8) is 0 Å². The molecule has 0 unspecified atom stereocenters. The Morgan fingerprint density at radius 2 is 1.61 bits per heavy atom. The van der Waals surface area contributed by atoms with Gasteiger partial charge in [-0.15, -0.1) is 0 Å². The number of alkyl halides is 3. The van der Waals surface area contributed by atoms with Crippen LogP contribution in [-0.4, -0.2) is 37.5 Å². The van der Waals surface area contributed by atoms with Crippen LogP contribution >= 0.6 is 0 Å². The molecule has 11 heteroatoms. The van der Waals surface area contributed by atoms with Gasteiger partial charge in [0.2, 0.25) is 0 Å². The van der Waals surface area contributed by atoms with Crippen LogP contribution < -0.4 is 9.84 Å². The number of hydrogen-bond donors (Lipinski definition) is 0. The number of sulfone groups is 1. The van der Waals surface area contributed by atoms with Gasteiger partial charge in [0.1, 0.15) is 11.4 Å². The highest BCUT2D eigenvalue weighted by Gasteiger charge is 2.40. The maximum Gasteiger partial charge on any atom is 0.433 e. The lowest BCUT2D eigenvalue weighted by Crippen LogP contribution is -2.30. The Bertz CT molecular complexity index is 1220. The van der Waals surface area contributed by atoms with Crippen molar-refractivity contribution in [3.8, 4) is 28.1 Å². The Balaban J connectivity index is 2.31. The largest absolute Gasteiger partial charge is 0.548 e. The molecule has 0 saturated carbocycles. The number of aliphatic carboxylic acids is 1. The molecular weight excluding hydrogens is 437 g/mol. The summed E-state index contributed by atoms with van der Waals surface area (Å²) in [4.78, 5) is 11.0. The normalized spacial score (nSPS) is 12.0. The van der Waals surface area contributed by atoms with Gasteiger partial charge >= 0.3 is 6.18 Å². The topological polar surface area (TPSA) is 101 Å². The van der Waals surface area contributed by atoms with E-state index in [1.165, 1.54) is 55.6 Å². The summed E-state index contributed by atoms with van der Waals surface area (Å²) in [5.74, 6) is -1.33. The fourth-order valence-electron chi connectivity index (χ4n) is 3.08. The Morgan fingerprint density at radius 1 is 1.06 bits per heavy atom. The fraction of sp³-hybridized carbons (Fsp3) is 0.200. The van der Waals surface area contributed by atoms with Crippen LogP contribution in [0, 0.1) is 0 Å². The highest BCUT2D eigenvalue weighted by molar-refractivity contribution is 7.90. The smallest absolute Gasteiger partial charge is 0.433 e. The third-order valence-electron chi connectivity index (χ3n) is 4.43. The number of rotatable bonds is 6. The standard InChI is InChI=1S/C20H17F3N2O5S/c1-30-14-7-3-12(4-8-14)17-18(13-5-9-15(10-6-13)31(2,28)29)24-25(11-16(26)27)19(17)20(21,22)23/h3-10H,11H2,1-2H3,(H,26,27)/p-1. The minimum Gasteiger partial charge on any atom is -0.548 e. The van der Waals surface area contributed by atoms with Crippen molar-refractivity contribution in [2.45, 2.75) is 17.6 Å². The predicted molar refractivity (Wildman–Crippen MR) is 103 cm³/mol. The molecule has 0 bridgehead atoms. The van der Waals surface area contributed by atoms with Gasteiger partial charge in [-0.2, -0.15) is 18.3 Å². The van der Waals surface area contributed by atoms with E-state index in [1.54, 1.807) is 0 Å². The maximum atomic E-state index is 14.0. The van der Waals surface area contributed by atoms with Crippen molar-refractivity contribution >= 4 is 15.8 Å². The first-order chi connectivity index (χ1) is 14.4. The average Bonchev–Trinajstić information content (AvgIpc) is 3.06. The molecule has 3 rings (SSSR count). The Kier molecular flexibility index (Phi) is 5.81. The highest BCUT2D eigenvalue weighted by atomic mass is 32.2. The van der Waals surface area contributed by atoms with E-state index in [-0.39, 0.29) is 27.3 Å². The van der Waals surface area contributed by atoms with Crippen LogP contribution in [0.3, 0.4) is 0 Å². The van der Waals surface area contributed by atoms with Crippen LogP contribution in [0.15, 0.2) is 53.4 Å². The molecule has 2 aromatic carbocycles. The summed E-state index contributed by atoms with van der Waals surface area (Å²) < 4.78 is 70.6. The van der Waals surface area contributed by atoms with E-state index in [9.17, 15) is 31.5 Å². The molecule has 0 aliphatic heterocycles. The number of methoxy groups -OCH3 is 1. The number of benzene rings is 2. The van der Waals surface area contributed by atoms with Crippen molar-refractivity contribution < 1.29 is 36.2 Å². The van der Waals surface area contributed by atoms with Crippen LogP contribution in [0.4, 0.5) is 13.2 Å². The summed E-state index contributed by atoms with van der Waals surface area (Å²) in [6, 6.07) is 10.8. The predicted octanol–water partition coefficient (Wildman–Crippen LogP) is 2.40. The number of carbonyl (C=O) groups excluding carboxylic acids is 1. The van der Waals surface area contributed by atoms with Crippen LogP contribution in [-0.2, 0) is 27.4 Å². The lowest BCUT2D eigenvalue weighted by atomic mass is 9.98. The number of hydrogen-bond acceptors (Lipinski definition) is 6. The fourth-order valence-corrected chi connectivity index (χ4v) is 3.71. The second-order valence-electron chi connectivity index (χ2n) is 6.62. The van der Waals surface area contributed by atoms with Crippen molar-refractivity contribution in [2.24, 2.45) is 0 Å². The summed E-state index contributed by atoms with van der Waals surface area (Å²) in [6.07, 6.45) is -3.93. The second-order valence-corrected chi connectivity index (χ2v) is 8.64. The average molecular weight is 453 g/mol. The molecule has 164 valence electrons. The molecule has 0 spiro atoms. The van der Waals surface area contributed by atoms with Crippen molar-refractivity contribution in [1.29, 1.82) is 0 Å². The first-order valence-electron chi connectivity index (χ1n) is 8.74. The molecule has 0 saturated heterocycles. The van der Waals surface area contributed by atoms with E-state index in [0.717, 1.165) is 6.26 Å². The first kappa shape index (κ1) is 22.3. The Morgan fingerprint density at radius 3 is 2.06 bits per heavy atom. The number of carbonyl (C=O) groups is 1. The lowest BCUT2D eigenvalue weighted by molar-refractivity contribution is -0.306. The summed E-state index contributed by atoms with van der Waals surface area (Å²) in [5.41, 5.74) is -1.45. The van der Waals surface area contributed by atoms with Crippen molar-refractivity contribution in [2.75, 3.05) is 13.4 Å². The lowest BCUT2D eigenvalue weighted by Gasteiger charge is -2.13. The first-order valence-corrected chi connectivity index (χ1v) is 10.6. The molecule has 0 fully saturated rings. The van der Waals surface area contributed by atoms with E-state index >= 15 is 0 Å². The quantitative estimate of drug-likeness (QED) is 0.568. The van der Waals surface area contributed by atoms with E-state index in [4.69, 9.17) is 4.74 Å². The molecule has 0 aliphatic carbocycles. The molecule has 1 aromatic heterocycles. The molecule has 3 aromatic rings. The van der Waals surface area contributed by atoms with Gasteiger partial charge in [0.25, 0.3) is 0 Å². The monoisotopic (exact) mass is 453 g/mol. The summed E-state index contributed by atoms with van der Waals surface area (Å²) in [5, 5.41) is 15.0. The zero-order chi connectivity index (χ0) is 23.0. The van der Waals surface area contributed by atoms with Crippen LogP contribution in [0.5, 0.6) is 5.75 Å². The van der Waals surface area contributed by atoms with E-state index < -0.39 is 34.2 Å². The number of carboxylic acids is 1. The van der Waals surface area contributed by atoms with Crippen molar-refractivity contribution in [3.05, 3.63) is 54.2 Å². The van der Waals surface area contributed by atoms with E-state index in [1.807, 2.05) is 0 Å². The molecule has 0 radical (unpaired) electrons. The molecule has 1 heterocycles. The Hall–Kier alpha value is -3.34. The third kappa shape index (κ3) is 4.71. The molecule has 0 aliphatic rings. The molecular formula is C20H16F3N2O5S-. The van der Waals surface area contributed by atoms with Gasteiger partial charge in [-0.3, -0.25) is 4.68 Å². The minimum absolute atomic E-state index is 0.0209. The summed E-state index contributed by atoms with van der Waals surface area (Å²) >= 11 is 0. The molecule has 0 atom stereocenters. The SMILES string of the molecule is COc1ccc(-c2c(-c3ccc(S(C)(=O)=O)cc3)nn(CC(=O)[O-])c2C(F)(F)F)cc1. The second kappa shape index (κ2) is 8.06. The highest BCUT2D eigenvalue weighted by Crippen LogP contribution is 2.43. The number of nitrogens with zero attached hydrogens (tertiary/aromatic N) is 2. The summed E-state index contributed by atoms with van der Waals surface area (Å²) in [7, 11) is -2.11. The van der Waals surface area contributed by atoms with Gasteiger partial charge in [-0.25, -0.2) is 8.42 Å². The van der Waals surface area contributed by atoms with Gasteiger partial charge in [0, 0.05) is 17.4 Å². The molecule has 7 nitrogen and oxygen atoms in total. The zero-order valence-electron chi connectivity index (χ0n) is 16.3. The number of ether oxygens (including phenoxy) is 1. The van der Waals surface area contributed by atoms with Gasteiger partial charge in [-0.1, -0.05) is 24.3 Å². The van der Waals surface area contributed by atoms with Gasteiger partial charge in [-0.05, 0) is 29.8 Å². The third-order valence-corrected chi connectivity index (χ3v) is 5.56. The van der Waals surface area contributed by atoms with Gasteiger partial charge in [0.05, 0.1) is 24.5 Å². The van der Waals surface area contributed by atoms with Crippen molar-refractivity contribution in [1.82, 2.24) is 9.78 Å². The molecule has 31 heavy (non-hydrogen) atoms. The van der Waals surface area contributed by atoms with Gasteiger partial charge in [0.15, 0.2) is 15.5 Å². The van der Waals surface area contributed by atoms with Crippen LogP contribution in [0.25, 0.3) is 22.4 Å². The molecule has 0 amide bonds. The number of carboxylic acid groups (broad SMARTS) is 1. The number of halogens is 3.